The number of hydrogen-bond donors (Lipinski definition) is 2. The van der Waals surface area contributed by atoms with Gasteiger partial charge in [0, 0.05) is 12.6 Å². The van der Waals surface area contributed by atoms with Gasteiger partial charge in [-0.2, -0.15) is 0 Å². The van der Waals surface area contributed by atoms with Crippen LogP contribution in [0.25, 0.3) is 0 Å². The predicted molar refractivity (Wildman–Crippen MR) is 74.6 cm³/mol. The van der Waals surface area contributed by atoms with E-state index in [0.717, 1.165) is 38.0 Å². The molecule has 2 heterocycles. The van der Waals surface area contributed by atoms with Crippen LogP contribution in [-0.2, 0) is 4.74 Å². The molecule has 1 atom stereocenters. The van der Waals surface area contributed by atoms with Crippen LogP contribution >= 0.6 is 0 Å². The molecule has 4 nitrogen and oxygen atoms in total. The first-order valence-corrected chi connectivity index (χ1v) is 6.79. The van der Waals surface area contributed by atoms with Gasteiger partial charge in [0.05, 0.1) is 17.5 Å². The summed E-state index contributed by atoms with van der Waals surface area (Å²) in [6.45, 7) is 5.25. The highest BCUT2D eigenvalue weighted by Gasteiger charge is 2.34. The van der Waals surface area contributed by atoms with E-state index in [2.05, 4.69) is 24.1 Å². The molecule has 1 aliphatic heterocycles. The van der Waals surface area contributed by atoms with Crippen molar-refractivity contribution >= 4 is 11.5 Å². The van der Waals surface area contributed by atoms with Crippen LogP contribution in [0.5, 0.6) is 0 Å². The molecule has 0 bridgehead atoms. The number of anilines is 2. The zero-order chi connectivity index (χ0) is 13.0. The van der Waals surface area contributed by atoms with Crippen molar-refractivity contribution in [3.63, 3.8) is 0 Å². The van der Waals surface area contributed by atoms with E-state index in [1.165, 1.54) is 0 Å². The summed E-state index contributed by atoms with van der Waals surface area (Å²) in [6, 6.07) is 4.27. The van der Waals surface area contributed by atoms with Crippen molar-refractivity contribution in [3.8, 4) is 0 Å². The maximum absolute atomic E-state index is 5.98. The smallest absolute Gasteiger partial charge is 0.123 e. The maximum atomic E-state index is 5.98. The largest absolute Gasteiger partial charge is 0.384 e. The molecule has 4 heteroatoms. The average molecular weight is 249 g/mol. The van der Waals surface area contributed by atoms with Gasteiger partial charge in [0.15, 0.2) is 0 Å². The lowest BCUT2D eigenvalue weighted by Gasteiger charge is -2.40. The van der Waals surface area contributed by atoms with Gasteiger partial charge in [0.1, 0.15) is 5.82 Å². The first-order valence-electron chi connectivity index (χ1n) is 6.79. The van der Waals surface area contributed by atoms with Crippen LogP contribution in [-0.4, -0.2) is 23.2 Å². The molecule has 3 N–H and O–H groups in total. The summed E-state index contributed by atoms with van der Waals surface area (Å²) < 4.78 is 5.98. The van der Waals surface area contributed by atoms with Gasteiger partial charge in [-0.05, 0) is 37.8 Å². The Hall–Kier alpha value is -1.29. The van der Waals surface area contributed by atoms with Crippen molar-refractivity contribution in [3.05, 3.63) is 18.3 Å². The summed E-state index contributed by atoms with van der Waals surface area (Å²) in [6.07, 6.45) is 6.05. The van der Waals surface area contributed by atoms with Gasteiger partial charge in [-0.1, -0.05) is 13.8 Å². The lowest BCUT2D eigenvalue weighted by molar-refractivity contribution is -0.0864. The average Bonchev–Trinajstić information content (AvgIpc) is 2.41. The molecule has 1 aliphatic rings. The molecule has 1 saturated heterocycles. The van der Waals surface area contributed by atoms with Crippen LogP contribution in [0.2, 0.25) is 0 Å². The molecule has 0 aromatic carbocycles. The van der Waals surface area contributed by atoms with Crippen molar-refractivity contribution < 1.29 is 4.74 Å². The van der Waals surface area contributed by atoms with Crippen molar-refractivity contribution in [2.24, 2.45) is 0 Å². The molecule has 1 unspecified atom stereocenters. The maximum Gasteiger partial charge on any atom is 0.123 e. The predicted octanol–water partition coefficient (Wildman–Crippen LogP) is 2.81. The molecule has 0 amide bonds. The van der Waals surface area contributed by atoms with Gasteiger partial charge in [0.25, 0.3) is 0 Å². The van der Waals surface area contributed by atoms with Crippen LogP contribution in [0, 0.1) is 0 Å². The molecule has 0 radical (unpaired) electrons. The Labute approximate surface area is 109 Å². The van der Waals surface area contributed by atoms with Crippen molar-refractivity contribution in [1.82, 2.24) is 4.98 Å². The molecular formula is C14H23N3O. The minimum Gasteiger partial charge on any atom is -0.384 e. The van der Waals surface area contributed by atoms with Gasteiger partial charge in [-0.25, -0.2) is 4.98 Å². The Bertz CT molecular complexity index is 373. The second-order valence-corrected chi connectivity index (χ2v) is 5.04. The van der Waals surface area contributed by atoms with Crippen molar-refractivity contribution in [2.45, 2.75) is 51.2 Å². The second-order valence-electron chi connectivity index (χ2n) is 5.04. The third kappa shape index (κ3) is 2.93. The number of nitrogen functional groups attached to an aromatic ring is 1. The van der Waals surface area contributed by atoms with E-state index in [4.69, 9.17) is 10.5 Å². The molecule has 18 heavy (non-hydrogen) atoms. The molecule has 1 fully saturated rings. The number of nitrogens with zero attached hydrogens (tertiary/aromatic N) is 1. The van der Waals surface area contributed by atoms with E-state index in [9.17, 15) is 0 Å². The summed E-state index contributed by atoms with van der Waals surface area (Å²) in [4.78, 5) is 4.11. The number of aromatic nitrogens is 1. The number of ether oxygens (including phenoxy) is 1. The first-order chi connectivity index (χ1) is 8.67. The summed E-state index contributed by atoms with van der Waals surface area (Å²) in [5, 5.41) is 3.53. The lowest BCUT2D eigenvalue weighted by atomic mass is 9.86. The summed E-state index contributed by atoms with van der Waals surface area (Å²) in [5.41, 5.74) is 6.68. The minimum atomic E-state index is 0.0527. The first kappa shape index (κ1) is 13.1. The van der Waals surface area contributed by atoms with Gasteiger partial charge >= 0.3 is 0 Å². The molecular weight excluding hydrogens is 226 g/mol. The Morgan fingerprint density at radius 1 is 1.44 bits per heavy atom. The highest BCUT2D eigenvalue weighted by atomic mass is 16.5. The SMILES string of the molecule is CCC1(CC)CC(Nc2ccc(N)nc2)CCO1. The van der Waals surface area contributed by atoms with E-state index in [0.29, 0.717) is 11.9 Å². The van der Waals surface area contributed by atoms with E-state index in [-0.39, 0.29) is 5.60 Å². The van der Waals surface area contributed by atoms with Crippen molar-refractivity contribution in [1.29, 1.82) is 0 Å². The van der Waals surface area contributed by atoms with Crippen molar-refractivity contribution in [2.75, 3.05) is 17.7 Å². The fourth-order valence-electron chi connectivity index (χ4n) is 2.62. The number of pyridine rings is 1. The zero-order valence-electron chi connectivity index (χ0n) is 11.3. The number of nitrogens with one attached hydrogen (secondary N) is 1. The third-order valence-corrected chi connectivity index (χ3v) is 3.94. The number of hydrogen-bond acceptors (Lipinski definition) is 4. The standard InChI is InChI=1S/C14H23N3O/c1-3-14(4-2)9-11(7-8-18-14)17-12-5-6-13(15)16-10-12/h5-6,10-11,17H,3-4,7-9H2,1-2H3,(H2,15,16). The second kappa shape index (κ2) is 5.57. The molecule has 0 aliphatic carbocycles. The highest BCUT2D eigenvalue weighted by Crippen LogP contribution is 2.32. The molecule has 100 valence electrons. The van der Waals surface area contributed by atoms with Gasteiger partial charge in [0.2, 0.25) is 0 Å². The van der Waals surface area contributed by atoms with Gasteiger partial charge in [-0.3, -0.25) is 0 Å². The normalized spacial score (nSPS) is 22.7. The van der Waals surface area contributed by atoms with Crippen LogP contribution in [0.1, 0.15) is 39.5 Å². The summed E-state index contributed by atoms with van der Waals surface area (Å²) >= 11 is 0. The minimum absolute atomic E-state index is 0.0527. The van der Waals surface area contributed by atoms with Gasteiger partial charge in [-0.15, -0.1) is 0 Å². The Morgan fingerprint density at radius 2 is 2.22 bits per heavy atom. The Morgan fingerprint density at radius 3 is 2.83 bits per heavy atom. The Balaban J connectivity index is 1.99. The lowest BCUT2D eigenvalue weighted by Crippen LogP contribution is -2.43. The molecule has 0 saturated carbocycles. The Kier molecular flexibility index (Phi) is 4.07. The van der Waals surface area contributed by atoms with Crippen LogP contribution < -0.4 is 11.1 Å². The molecule has 1 aromatic heterocycles. The molecule has 2 rings (SSSR count). The summed E-state index contributed by atoms with van der Waals surface area (Å²) in [7, 11) is 0. The van der Waals surface area contributed by atoms with Crippen LogP contribution in [0.4, 0.5) is 11.5 Å². The molecule has 0 spiro atoms. The number of rotatable bonds is 4. The fraction of sp³-hybridized carbons (Fsp3) is 0.643. The molecule has 1 aromatic rings. The van der Waals surface area contributed by atoms with Gasteiger partial charge < -0.3 is 15.8 Å². The highest BCUT2D eigenvalue weighted by molar-refractivity contribution is 5.46. The quantitative estimate of drug-likeness (QED) is 0.861. The van der Waals surface area contributed by atoms with Crippen LogP contribution in [0.3, 0.4) is 0 Å². The topological polar surface area (TPSA) is 60.2 Å². The van der Waals surface area contributed by atoms with E-state index < -0.39 is 0 Å². The van der Waals surface area contributed by atoms with E-state index in [1.54, 1.807) is 6.20 Å². The zero-order valence-corrected chi connectivity index (χ0v) is 11.3. The summed E-state index contributed by atoms with van der Waals surface area (Å²) in [5.74, 6) is 0.559. The van der Waals surface area contributed by atoms with E-state index >= 15 is 0 Å². The number of nitrogens with two attached hydrogens (primary N) is 1. The fourth-order valence-corrected chi connectivity index (χ4v) is 2.62. The van der Waals surface area contributed by atoms with Crippen LogP contribution in [0.15, 0.2) is 18.3 Å². The monoisotopic (exact) mass is 249 g/mol. The third-order valence-electron chi connectivity index (χ3n) is 3.94. The van der Waals surface area contributed by atoms with E-state index in [1.807, 2.05) is 12.1 Å².